The Morgan fingerprint density at radius 3 is 2.95 bits per heavy atom. The van der Waals surface area contributed by atoms with Gasteiger partial charge in [0.1, 0.15) is 5.15 Å². The van der Waals surface area contributed by atoms with Crippen molar-refractivity contribution in [1.82, 2.24) is 15.1 Å². The first kappa shape index (κ1) is 14.8. The van der Waals surface area contributed by atoms with Gasteiger partial charge in [-0.3, -0.25) is 4.68 Å². The van der Waals surface area contributed by atoms with Crippen LogP contribution in [0, 0.1) is 5.41 Å². The van der Waals surface area contributed by atoms with Crippen LogP contribution in [0.25, 0.3) is 0 Å². The summed E-state index contributed by atoms with van der Waals surface area (Å²) in [4.78, 5) is 0. The number of halogens is 1. The van der Waals surface area contributed by atoms with E-state index in [1.165, 1.54) is 6.42 Å². The van der Waals surface area contributed by atoms with E-state index in [-0.39, 0.29) is 12.0 Å². The lowest BCUT2D eigenvalue weighted by atomic mass is 9.86. The van der Waals surface area contributed by atoms with Crippen LogP contribution in [0.1, 0.15) is 44.4 Å². The van der Waals surface area contributed by atoms with E-state index in [2.05, 4.69) is 24.3 Å². The molecule has 2 atom stereocenters. The Morgan fingerprint density at radius 1 is 1.58 bits per heavy atom. The van der Waals surface area contributed by atoms with Gasteiger partial charge < -0.3 is 10.4 Å². The summed E-state index contributed by atoms with van der Waals surface area (Å²) in [6.45, 7) is 5.22. The lowest BCUT2D eigenvalue weighted by Crippen LogP contribution is -2.41. The third kappa shape index (κ3) is 2.81. The van der Waals surface area contributed by atoms with E-state index in [9.17, 15) is 5.11 Å². The maximum atomic E-state index is 9.57. The number of rotatable bonds is 5. The van der Waals surface area contributed by atoms with Crippen molar-refractivity contribution in [2.75, 3.05) is 6.61 Å². The van der Waals surface area contributed by atoms with Gasteiger partial charge in [-0.15, -0.1) is 0 Å². The smallest absolute Gasteiger partial charge is 0.131 e. The lowest BCUT2D eigenvalue weighted by molar-refractivity contribution is 0.118. The van der Waals surface area contributed by atoms with Crippen LogP contribution in [0.2, 0.25) is 5.15 Å². The number of hydrogen-bond donors (Lipinski definition) is 2. The molecule has 1 saturated carbocycles. The van der Waals surface area contributed by atoms with Gasteiger partial charge in [0, 0.05) is 37.2 Å². The van der Waals surface area contributed by atoms with E-state index in [0.29, 0.717) is 11.2 Å². The first-order valence-corrected chi connectivity index (χ1v) is 7.44. The molecule has 1 aliphatic carbocycles. The molecule has 5 heteroatoms. The molecule has 0 saturated heterocycles. The Balaban J connectivity index is 2.07. The molecule has 0 spiro atoms. The largest absolute Gasteiger partial charge is 0.396 e. The normalized spacial score (nSPS) is 27.1. The number of hydrogen-bond acceptors (Lipinski definition) is 3. The summed E-state index contributed by atoms with van der Waals surface area (Å²) in [6.07, 6.45) is 4.27. The topological polar surface area (TPSA) is 50.1 Å². The Hall–Kier alpha value is -0.580. The average molecular weight is 286 g/mol. The van der Waals surface area contributed by atoms with Gasteiger partial charge in [0.2, 0.25) is 0 Å². The number of aliphatic hydroxyl groups excluding tert-OH is 1. The lowest BCUT2D eigenvalue weighted by Gasteiger charge is -2.30. The number of nitrogens with one attached hydrogen (secondary N) is 1. The van der Waals surface area contributed by atoms with Gasteiger partial charge >= 0.3 is 0 Å². The Labute approximate surface area is 120 Å². The van der Waals surface area contributed by atoms with Crippen molar-refractivity contribution >= 4 is 11.6 Å². The summed E-state index contributed by atoms with van der Waals surface area (Å²) in [5, 5.41) is 18.3. The van der Waals surface area contributed by atoms with Gasteiger partial charge in [0.25, 0.3) is 0 Å². The summed E-state index contributed by atoms with van der Waals surface area (Å²) in [5.74, 6) is 0. The molecule has 1 aliphatic rings. The van der Waals surface area contributed by atoms with Crippen molar-refractivity contribution in [2.24, 2.45) is 12.5 Å². The summed E-state index contributed by atoms with van der Waals surface area (Å²) < 4.78 is 1.73. The van der Waals surface area contributed by atoms with Gasteiger partial charge in [0.15, 0.2) is 0 Å². The highest BCUT2D eigenvalue weighted by Gasteiger charge is 2.38. The van der Waals surface area contributed by atoms with Gasteiger partial charge in [-0.05, 0) is 19.3 Å². The number of aryl methyl sites for hydroxylation is 2. The van der Waals surface area contributed by atoms with Crippen molar-refractivity contribution in [3.8, 4) is 0 Å². The van der Waals surface area contributed by atoms with E-state index in [1.54, 1.807) is 4.68 Å². The highest BCUT2D eigenvalue weighted by Crippen LogP contribution is 2.37. The first-order valence-electron chi connectivity index (χ1n) is 7.06. The molecule has 0 aromatic carbocycles. The van der Waals surface area contributed by atoms with Crippen LogP contribution < -0.4 is 5.32 Å². The molecule has 0 radical (unpaired) electrons. The fourth-order valence-corrected chi connectivity index (χ4v) is 3.27. The van der Waals surface area contributed by atoms with Crippen LogP contribution in [-0.4, -0.2) is 27.5 Å². The zero-order valence-electron chi connectivity index (χ0n) is 12.0. The molecule has 1 aromatic heterocycles. The Bertz CT molecular complexity index is 446. The van der Waals surface area contributed by atoms with Gasteiger partial charge in [0.05, 0.1) is 5.69 Å². The fourth-order valence-electron chi connectivity index (χ4n) is 3.05. The SMILES string of the molecule is CCc1nn(C)c(Cl)c1CNC1CCCC1(C)CO. The molecule has 1 heterocycles. The molecule has 2 rings (SSSR count). The van der Waals surface area contributed by atoms with Crippen LogP contribution in [0.4, 0.5) is 0 Å². The number of nitrogens with zero attached hydrogens (tertiary/aromatic N) is 2. The molecule has 0 amide bonds. The molecule has 2 N–H and O–H groups in total. The standard InChI is InChI=1S/C14H24ClN3O/c1-4-11-10(13(15)18(3)17-11)8-16-12-6-5-7-14(12,2)9-19/h12,16,19H,4-9H2,1-3H3. The highest BCUT2D eigenvalue weighted by atomic mass is 35.5. The van der Waals surface area contributed by atoms with Crippen molar-refractivity contribution in [1.29, 1.82) is 0 Å². The molecular weight excluding hydrogens is 262 g/mol. The molecule has 0 bridgehead atoms. The third-order valence-corrected chi connectivity index (χ3v) is 4.93. The van der Waals surface area contributed by atoms with Crippen molar-refractivity contribution in [3.63, 3.8) is 0 Å². The van der Waals surface area contributed by atoms with Gasteiger partial charge in [-0.25, -0.2) is 0 Å². The Kier molecular flexibility index (Phi) is 4.54. The van der Waals surface area contributed by atoms with Crippen LogP contribution in [0.15, 0.2) is 0 Å². The van der Waals surface area contributed by atoms with Crippen LogP contribution in [0.5, 0.6) is 0 Å². The van der Waals surface area contributed by atoms with Crippen molar-refractivity contribution < 1.29 is 5.11 Å². The van der Waals surface area contributed by atoms with Crippen LogP contribution in [-0.2, 0) is 20.0 Å². The quantitative estimate of drug-likeness (QED) is 0.873. The monoisotopic (exact) mass is 285 g/mol. The summed E-state index contributed by atoms with van der Waals surface area (Å²) in [5.41, 5.74) is 2.16. The molecule has 108 valence electrons. The van der Waals surface area contributed by atoms with Crippen LogP contribution in [0.3, 0.4) is 0 Å². The second-order valence-corrected chi connectivity index (χ2v) is 6.19. The van der Waals surface area contributed by atoms with E-state index in [0.717, 1.165) is 37.1 Å². The minimum atomic E-state index is 0.00105. The fraction of sp³-hybridized carbons (Fsp3) is 0.786. The predicted molar refractivity (Wildman–Crippen MR) is 77.3 cm³/mol. The zero-order valence-corrected chi connectivity index (χ0v) is 12.8. The molecule has 0 aliphatic heterocycles. The summed E-state index contributed by atoms with van der Waals surface area (Å²) in [7, 11) is 1.87. The number of aromatic nitrogens is 2. The molecular formula is C14H24ClN3O. The van der Waals surface area contributed by atoms with Crippen LogP contribution >= 0.6 is 11.6 Å². The second-order valence-electron chi connectivity index (χ2n) is 5.83. The van der Waals surface area contributed by atoms with E-state index in [1.807, 2.05) is 7.05 Å². The van der Waals surface area contributed by atoms with E-state index < -0.39 is 0 Å². The maximum Gasteiger partial charge on any atom is 0.131 e. The molecule has 1 fully saturated rings. The van der Waals surface area contributed by atoms with E-state index in [4.69, 9.17) is 11.6 Å². The van der Waals surface area contributed by atoms with Crippen molar-refractivity contribution in [3.05, 3.63) is 16.4 Å². The Morgan fingerprint density at radius 2 is 2.32 bits per heavy atom. The molecule has 19 heavy (non-hydrogen) atoms. The minimum absolute atomic E-state index is 0.00105. The predicted octanol–water partition coefficient (Wildman–Crippen LogP) is 2.28. The van der Waals surface area contributed by atoms with Gasteiger partial charge in [-0.1, -0.05) is 31.9 Å². The summed E-state index contributed by atoms with van der Waals surface area (Å²) in [6, 6.07) is 0.360. The second kappa shape index (κ2) is 5.81. The first-order chi connectivity index (χ1) is 9.01. The number of aliphatic hydroxyl groups is 1. The zero-order chi connectivity index (χ0) is 14.0. The minimum Gasteiger partial charge on any atom is -0.396 e. The molecule has 2 unspecified atom stereocenters. The summed E-state index contributed by atoms with van der Waals surface area (Å²) >= 11 is 6.29. The highest BCUT2D eigenvalue weighted by molar-refractivity contribution is 6.30. The average Bonchev–Trinajstić information content (AvgIpc) is 2.90. The van der Waals surface area contributed by atoms with Crippen molar-refractivity contribution in [2.45, 2.75) is 52.1 Å². The molecule has 4 nitrogen and oxygen atoms in total. The van der Waals surface area contributed by atoms with Gasteiger partial charge in [-0.2, -0.15) is 5.10 Å². The third-order valence-electron chi connectivity index (χ3n) is 4.46. The maximum absolute atomic E-state index is 9.57. The molecule has 1 aromatic rings. The van der Waals surface area contributed by atoms with E-state index >= 15 is 0 Å².